The molecule has 146 valence electrons. The zero-order valence-electron chi connectivity index (χ0n) is 15.8. The SMILES string of the molecule is Cc1ccc(NC(=O)CSc2nc3ccsc3c(=O)n2Cc2ccccc2)cc1. The molecule has 2 aromatic carbocycles. The van der Waals surface area contributed by atoms with E-state index in [0.29, 0.717) is 21.9 Å². The molecular formula is C22H19N3O2S2. The Morgan fingerprint density at radius 1 is 1.10 bits per heavy atom. The lowest BCUT2D eigenvalue weighted by Gasteiger charge is -2.12. The van der Waals surface area contributed by atoms with Crippen molar-refractivity contribution >= 4 is 44.9 Å². The molecule has 2 heterocycles. The fraction of sp³-hybridized carbons (Fsp3) is 0.136. The Hall–Kier alpha value is -2.90. The number of hydrogen-bond acceptors (Lipinski definition) is 5. The molecule has 0 spiro atoms. The number of anilines is 1. The smallest absolute Gasteiger partial charge is 0.272 e. The second-order valence-electron chi connectivity index (χ2n) is 6.61. The highest BCUT2D eigenvalue weighted by atomic mass is 32.2. The molecule has 0 aliphatic rings. The van der Waals surface area contributed by atoms with Gasteiger partial charge in [-0.25, -0.2) is 4.98 Å². The number of carbonyl (C=O) groups is 1. The first-order valence-corrected chi connectivity index (χ1v) is 11.0. The molecule has 0 aliphatic carbocycles. The van der Waals surface area contributed by atoms with Gasteiger partial charge in [-0.1, -0.05) is 59.8 Å². The molecule has 0 bridgehead atoms. The summed E-state index contributed by atoms with van der Waals surface area (Å²) in [5.41, 5.74) is 3.50. The molecule has 1 N–H and O–H groups in total. The molecule has 0 radical (unpaired) electrons. The van der Waals surface area contributed by atoms with Crippen molar-refractivity contribution in [2.75, 3.05) is 11.1 Å². The van der Waals surface area contributed by atoms with Crippen molar-refractivity contribution in [1.29, 1.82) is 0 Å². The number of hydrogen-bond donors (Lipinski definition) is 1. The van der Waals surface area contributed by atoms with Gasteiger partial charge in [-0.2, -0.15) is 0 Å². The van der Waals surface area contributed by atoms with Gasteiger partial charge < -0.3 is 5.32 Å². The van der Waals surface area contributed by atoms with E-state index >= 15 is 0 Å². The lowest BCUT2D eigenvalue weighted by Crippen LogP contribution is -2.24. The lowest BCUT2D eigenvalue weighted by molar-refractivity contribution is -0.113. The normalized spacial score (nSPS) is 10.9. The Kier molecular flexibility index (Phi) is 5.78. The second kappa shape index (κ2) is 8.63. The summed E-state index contributed by atoms with van der Waals surface area (Å²) in [6.45, 7) is 2.42. The van der Waals surface area contributed by atoms with Crippen LogP contribution in [0.5, 0.6) is 0 Å². The van der Waals surface area contributed by atoms with Crippen LogP contribution in [0.1, 0.15) is 11.1 Å². The molecule has 29 heavy (non-hydrogen) atoms. The van der Waals surface area contributed by atoms with E-state index in [0.717, 1.165) is 16.8 Å². The molecule has 0 unspecified atom stereocenters. The lowest BCUT2D eigenvalue weighted by atomic mass is 10.2. The van der Waals surface area contributed by atoms with Crippen molar-refractivity contribution in [3.05, 3.63) is 87.5 Å². The monoisotopic (exact) mass is 421 g/mol. The summed E-state index contributed by atoms with van der Waals surface area (Å²) < 4.78 is 2.28. The van der Waals surface area contributed by atoms with E-state index in [1.54, 1.807) is 4.57 Å². The van der Waals surface area contributed by atoms with Crippen LogP contribution in [-0.4, -0.2) is 21.2 Å². The summed E-state index contributed by atoms with van der Waals surface area (Å²) in [6.07, 6.45) is 0. The van der Waals surface area contributed by atoms with Crippen LogP contribution in [0.3, 0.4) is 0 Å². The van der Waals surface area contributed by atoms with Crippen LogP contribution in [-0.2, 0) is 11.3 Å². The largest absolute Gasteiger partial charge is 0.325 e. The van der Waals surface area contributed by atoms with Gasteiger partial charge in [0.2, 0.25) is 5.91 Å². The molecule has 2 aromatic heterocycles. The Morgan fingerprint density at radius 3 is 2.62 bits per heavy atom. The predicted molar refractivity (Wildman–Crippen MR) is 120 cm³/mol. The Balaban J connectivity index is 1.57. The van der Waals surface area contributed by atoms with Gasteiger partial charge in [0.05, 0.1) is 17.8 Å². The highest BCUT2D eigenvalue weighted by Gasteiger charge is 2.14. The summed E-state index contributed by atoms with van der Waals surface area (Å²) in [6, 6.07) is 19.3. The number of thioether (sulfide) groups is 1. The van der Waals surface area contributed by atoms with E-state index in [1.165, 1.54) is 23.1 Å². The first-order valence-electron chi connectivity index (χ1n) is 9.11. The molecule has 1 amide bonds. The Labute approximate surface area is 176 Å². The topological polar surface area (TPSA) is 64.0 Å². The number of nitrogens with zero attached hydrogens (tertiary/aromatic N) is 2. The van der Waals surface area contributed by atoms with Crippen LogP contribution < -0.4 is 10.9 Å². The van der Waals surface area contributed by atoms with Gasteiger partial charge in [0.25, 0.3) is 5.56 Å². The molecule has 0 atom stereocenters. The molecular weight excluding hydrogens is 402 g/mol. The van der Waals surface area contributed by atoms with Gasteiger partial charge >= 0.3 is 0 Å². The minimum Gasteiger partial charge on any atom is -0.325 e. The highest BCUT2D eigenvalue weighted by molar-refractivity contribution is 7.99. The van der Waals surface area contributed by atoms with E-state index in [2.05, 4.69) is 10.3 Å². The molecule has 0 fully saturated rings. The van der Waals surface area contributed by atoms with Crippen LogP contribution in [0.25, 0.3) is 10.2 Å². The van der Waals surface area contributed by atoms with Gasteiger partial charge in [0, 0.05) is 5.69 Å². The van der Waals surface area contributed by atoms with E-state index in [4.69, 9.17) is 0 Å². The average Bonchev–Trinajstić information content (AvgIpc) is 3.20. The number of thiophene rings is 1. The number of rotatable bonds is 6. The van der Waals surface area contributed by atoms with Crippen molar-refractivity contribution in [2.24, 2.45) is 0 Å². The predicted octanol–water partition coefficient (Wildman–Crippen LogP) is 4.55. The van der Waals surface area contributed by atoms with Crippen LogP contribution in [0.15, 0.2) is 76.0 Å². The molecule has 0 saturated heterocycles. The fourth-order valence-electron chi connectivity index (χ4n) is 2.90. The van der Waals surface area contributed by atoms with Crippen LogP contribution in [0.2, 0.25) is 0 Å². The van der Waals surface area contributed by atoms with E-state index in [1.807, 2.05) is 73.0 Å². The minimum absolute atomic E-state index is 0.0738. The van der Waals surface area contributed by atoms with Crippen molar-refractivity contribution in [3.8, 4) is 0 Å². The van der Waals surface area contributed by atoms with Crippen molar-refractivity contribution in [3.63, 3.8) is 0 Å². The molecule has 4 rings (SSSR count). The molecule has 0 saturated carbocycles. The summed E-state index contributed by atoms with van der Waals surface area (Å²) in [5.74, 6) is 0.0369. The third-order valence-electron chi connectivity index (χ3n) is 4.38. The first kappa shape index (κ1) is 19.4. The van der Waals surface area contributed by atoms with Crippen molar-refractivity contribution in [2.45, 2.75) is 18.6 Å². The van der Waals surface area contributed by atoms with Gasteiger partial charge in [-0.3, -0.25) is 14.2 Å². The average molecular weight is 422 g/mol. The van der Waals surface area contributed by atoms with Gasteiger partial charge in [0.1, 0.15) is 4.70 Å². The van der Waals surface area contributed by atoms with Gasteiger partial charge in [-0.05, 0) is 36.1 Å². The maximum absolute atomic E-state index is 13.0. The standard InChI is InChI=1S/C22H19N3O2S2/c1-15-7-9-17(10-8-15)23-19(26)14-29-22-24-18-11-12-28-20(18)21(27)25(22)13-16-5-3-2-4-6-16/h2-12H,13-14H2,1H3,(H,23,26). The Bertz CT molecular complexity index is 1200. The number of carbonyl (C=O) groups excluding carboxylic acids is 1. The molecule has 5 nitrogen and oxygen atoms in total. The van der Waals surface area contributed by atoms with Gasteiger partial charge in [-0.15, -0.1) is 11.3 Å². The molecule has 0 aliphatic heterocycles. The summed E-state index contributed by atoms with van der Waals surface area (Å²) in [4.78, 5) is 30.0. The maximum Gasteiger partial charge on any atom is 0.272 e. The van der Waals surface area contributed by atoms with Gasteiger partial charge in [0.15, 0.2) is 5.16 Å². The summed E-state index contributed by atoms with van der Waals surface area (Å²) in [5, 5.41) is 5.29. The summed E-state index contributed by atoms with van der Waals surface area (Å²) >= 11 is 2.66. The molecule has 7 heteroatoms. The summed E-state index contributed by atoms with van der Waals surface area (Å²) in [7, 11) is 0. The zero-order valence-corrected chi connectivity index (χ0v) is 17.4. The number of nitrogens with one attached hydrogen (secondary N) is 1. The molecule has 4 aromatic rings. The third kappa shape index (κ3) is 4.58. The van der Waals surface area contributed by atoms with Crippen LogP contribution >= 0.6 is 23.1 Å². The van der Waals surface area contributed by atoms with Crippen molar-refractivity contribution in [1.82, 2.24) is 9.55 Å². The number of benzene rings is 2. The minimum atomic E-state index is -0.134. The first-order chi connectivity index (χ1) is 14.1. The second-order valence-corrected chi connectivity index (χ2v) is 8.47. The fourth-order valence-corrected chi connectivity index (χ4v) is 4.48. The van der Waals surface area contributed by atoms with E-state index < -0.39 is 0 Å². The highest BCUT2D eigenvalue weighted by Crippen LogP contribution is 2.22. The quantitative estimate of drug-likeness (QED) is 0.367. The third-order valence-corrected chi connectivity index (χ3v) is 6.25. The number of fused-ring (bicyclic) bond motifs is 1. The Morgan fingerprint density at radius 2 is 1.86 bits per heavy atom. The number of aromatic nitrogens is 2. The number of aryl methyl sites for hydroxylation is 1. The number of amides is 1. The maximum atomic E-state index is 13.0. The van der Waals surface area contributed by atoms with E-state index in [9.17, 15) is 9.59 Å². The van der Waals surface area contributed by atoms with Crippen LogP contribution in [0.4, 0.5) is 5.69 Å². The van der Waals surface area contributed by atoms with Crippen molar-refractivity contribution < 1.29 is 4.79 Å². The van der Waals surface area contributed by atoms with E-state index in [-0.39, 0.29) is 17.2 Å². The van der Waals surface area contributed by atoms with Crippen LogP contribution in [0, 0.1) is 6.92 Å². The zero-order chi connectivity index (χ0) is 20.2.